The van der Waals surface area contributed by atoms with Crippen molar-refractivity contribution in [3.05, 3.63) is 66.5 Å². The van der Waals surface area contributed by atoms with Crippen LogP contribution < -0.4 is 15.8 Å². The molecule has 0 aliphatic heterocycles. The van der Waals surface area contributed by atoms with E-state index in [4.69, 9.17) is 10.5 Å². The summed E-state index contributed by atoms with van der Waals surface area (Å²) in [6.45, 7) is 0. The molecule has 3 N–H and O–H groups in total. The zero-order valence-corrected chi connectivity index (χ0v) is 13.4. The third-order valence-electron chi connectivity index (χ3n) is 3.56. The highest BCUT2D eigenvalue weighted by molar-refractivity contribution is 6.05. The van der Waals surface area contributed by atoms with E-state index in [1.54, 1.807) is 30.3 Å². The number of pyridine rings is 2. The number of halogens is 1. The summed E-state index contributed by atoms with van der Waals surface area (Å²) in [5.74, 6) is -0.448. The van der Waals surface area contributed by atoms with Gasteiger partial charge in [0.15, 0.2) is 0 Å². The van der Waals surface area contributed by atoms with Crippen LogP contribution >= 0.6 is 0 Å². The molecule has 0 saturated heterocycles. The second kappa shape index (κ2) is 6.96. The van der Waals surface area contributed by atoms with Crippen molar-refractivity contribution < 1.29 is 13.9 Å². The number of carbonyl (C=O) groups is 1. The lowest BCUT2D eigenvalue weighted by Gasteiger charge is -2.11. The van der Waals surface area contributed by atoms with Crippen molar-refractivity contribution >= 4 is 17.3 Å². The van der Waals surface area contributed by atoms with Crippen LogP contribution in [0.25, 0.3) is 11.1 Å². The fourth-order valence-corrected chi connectivity index (χ4v) is 2.24. The van der Waals surface area contributed by atoms with Crippen LogP contribution in [0.15, 0.2) is 54.9 Å². The number of nitrogens with two attached hydrogens (primary N) is 1. The summed E-state index contributed by atoms with van der Waals surface area (Å²) in [4.78, 5) is 20.0. The Morgan fingerprint density at radius 1 is 1.12 bits per heavy atom. The van der Waals surface area contributed by atoms with Gasteiger partial charge in [-0.25, -0.2) is 4.98 Å². The SMILES string of the molecule is COc1ccnc(C(=O)Nc2cc(-c3ccc(F)nc3)ccc2N)c1. The van der Waals surface area contributed by atoms with E-state index < -0.39 is 11.9 Å². The Kier molecular flexibility index (Phi) is 4.56. The fourth-order valence-electron chi connectivity index (χ4n) is 2.24. The normalized spacial score (nSPS) is 10.3. The average molecular weight is 338 g/mol. The Bertz CT molecular complexity index is 913. The zero-order chi connectivity index (χ0) is 17.8. The first-order valence-corrected chi connectivity index (χ1v) is 7.39. The van der Waals surface area contributed by atoms with Crippen molar-refractivity contribution in [2.45, 2.75) is 0 Å². The Labute approximate surface area is 143 Å². The van der Waals surface area contributed by atoms with Crippen molar-refractivity contribution in [3.63, 3.8) is 0 Å². The van der Waals surface area contributed by atoms with Crippen LogP contribution in [0.1, 0.15) is 10.5 Å². The second-order valence-electron chi connectivity index (χ2n) is 5.21. The van der Waals surface area contributed by atoms with E-state index in [0.717, 1.165) is 5.56 Å². The van der Waals surface area contributed by atoms with E-state index in [9.17, 15) is 9.18 Å². The maximum absolute atomic E-state index is 13.0. The summed E-state index contributed by atoms with van der Waals surface area (Å²) >= 11 is 0. The molecule has 126 valence electrons. The molecule has 1 aromatic carbocycles. The van der Waals surface area contributed by atoms with Gasteiger partial charge in [0, 0.05) is 24.0 Å². The number of nitrogens with one attached hydrogen (secondary N) is 1. The first kappa shape index (κ1) is 16.4. The molecule has 0 saturated carbocycles. The van der Waals surface area contributed by atoms with E-state index in [2.05, 4.69) is 15.3 Å². The fraction of sp³-hybridized carbons (Fsp3) is 0.0556. The summed E-state index contributed by atoms with van der Waals surface area (Å²) in [6, 6.07) is 11.2. The van der Waals surface area contributed by atoms with Gasteiger partial charge in [-0.05, 0) is 35.9 Å². The molecule has 7 heteroatoms. The maximum Gasteiger partial charge on any atom is 0.274 e. The third kappa shape index (κ3) is 3.72. The van der Waals surface area contributed by atoms with Crippen LogP contribution in [0.4, 0.5) is 15.8 Å². The molecular weight excluding hydrogens is 323 g/mol. The Morgan fingerprint density at radius 2 is 1.92 bits per heavy atom. The molecule has 0 unspecified atom stereocenters. The van der Waals surface area contributed by atoms with Crippen LogP contribution in [0.5, 0.6) is 5.75 Å². The number of methoxy groups -OCH3 is 1. The molecule has 0 atom stereocenters. The standard InChI is InChI=1S/C18H15FN4O2/c1-25-13-6-7-21-16(9-13)18(24)23-15-8-11(2-4-14(15)20)12-3-5-17(19)22-10-12/h2-10H,20H2,1H3,(H,23,24). The number of nitrogens with zero attached hydrogens (tertiary/aromatic N) is 2. The smallest absolute Gasteiger partial charge is 0.274 e. The van der Waals surface area contributed by atoms with Crippen LogP contribution in [0, 0.1) is 5.95 Å². The summed E-state index contributed by atoms with van der Waals surface area (Å²) < 4.78 is 18.0. The van der Waals surface area contributed by atoms with E-state index >= 15 is 0 Å². The van der Waals surface area contributed by atoms with Crippen LogP contribution in [-0.2, 0) is 0 Å². The lowest BCUT2D eigenvalue weighted by molar-refractivity contribution is 0.102. The lowest BCUT2D eigenvalue weighted by Crippen LogP contribution is -2.14. The Morgan fingerprint density at radius 3 is 2.64 bits per heavy atom. The van der Waals surface area contributed by atoms with Crippen LogP contribution in [-0.4, -0.2) is 23.0 Å². The minimum absolute atomic E-state index is 0.201. The number of hydrogen-bond acceptors (Lipinski definition) is 5. The van der Waals surface area contributed by atoms with Gasteiger partial charge in [0.25, 0.3) is 5.91 Å². The molecule has 0 aliphatic carbocycles. The predicted octanol–water partition coefficient (Wildman–Crippen LogP) is 3.13. The van der Waals surface area contributed by atoms with Crippen LogP contribution in [0.2, 0.25) is 0 Å². The first-order valence-electron chi connectivity index (χ1n) is 7.39. The molecular formula is C18H15FN4O2. The number of carbonyl (C=O) groups excluding carboxylic acids is 1. The number of rotatable bonds is 4. The van der Waals surface area contributed by atoms with Gasteiger partial charge in [-0.15, -0.1) is 0 Å². The Balaban J connectivity index is 1.87. The quantitative estimate of drug-likeness (QED) is 0.563. The molecule has 0 spiro atoms. The highest BCUT2D eigenvalue weighted by atomic mass is 19.1. The molecule has 2 aromatic heterocycles. The van der Waals surface area contributed by atoms with Crippen molar-refractivity contribution in [3.8, 4) is 16.9 Å². The van der Waals surface area contributed by atoms with Gasteiger partial charge in [-0.1, -0.05) is 6.07 Å². The minimum atomic E-state index is -0.558. The van der Waals surface area contributed by atoms with Gasteiger partial charge in [0.05, 0.1) is 18.5 Å². The monoisotopic (exact) mass is 338 g/mol. The van der Waals surface area contributed by atoms with Gasteiger partial charge in [-0.2, -0.15) is 4.39 Å². The van der Waals surface area contributed by atoms with E-state index in [0.29, 0.717) is 22.7 Å². The molecule has 3 aromatic rings. The topological polar surface area (TPSA) is 90.1 Å². The van der Waals surface area contributed by atoms with E-state index in [-0.39, 0.29) is 5.69 Å². The Hall–Kier alpha value is -3.48. The van der Waals surface area contributed by atoms with Crippen molar-refractivity contribution in [1.82, 2.24) is 9.97 Å². The molecule has 1 amide bonds. The number of hydrogen-bond donors (Lipinski definition) is 2. The highest BCUT2D eigenvalue weighted by Crippen LogP contribution is 2.27. The second-order valence-corrected chi connectivity index (χ2v) is 5.21. The minimum Gasteiger partial charge on any atom is -0.497 e. The van der Waals surface area contributed by atoms with Gasteiger partial charge in [-0.3, -0.25) is 9.78 Å². The van der Waals surface area contributed by atoms with E-state index in [1.165, 1.54) is 31.6 Å². The molecule has 0 fully saturated rings. The van der Waals surface area contributed by atoms with Gasteiger partial charge >= 0.3 is 0 Å². The summed E-state index contributed by atoms with van der Waals surface area (Å²) in [5, 5.41) is 2.72. The molecule has 6 nitrogen and oxygen atoms in total. The molecule has 25 heavy (non-hydrogen) atoms. The summed E-state index contributed by atoms with van der Waals surface area (Å²) in [6.07, 6.45) is 2.90. The number of aromatic nitrogens is 2. The van der Waals surface area contributed by atoms with Gasteiger partial charge in [0.2, 0.25) is 5.95 Å². The molecule has 0 bridgehead atoms. The molecule has 0 aliphatic rings. The predicted molar refractivity (Wildman–Crippen MR) is 92.8 cm³/mol. The van der Waals surface area contributed by atoms with Crippen molar-refractivity contribution in [2.24, 2.45) is 0 Å². The third-order valence-corrected chi connectivity index (χ3v) is 3.56. The summed E-state index contributed by atoms with van der Waals surface area (Å²) in [5.41, 5.74) is 8.42. The number of nitrogen functional groups attached to an aromatic ring is 1. The number of amides is 1. The molecule has 3 rings (SSSR count). The van der Waals surface area contributed by atoms with Crippen molar-refractivity contribution in [2.75, 3.05) is 18.2 Å². The lowest BCUT2D eigenvalue weighted by atomic mass is 10.1. The van der Waals surface area contributed by atoms with Crippen LogP contribution in [0.3, 0.4) is 0 Å². The molecule has 2 heterocycles. The van der Waals surface area contributed by atoms with Crippen molar-refractivity contribution in [1.29, 1.82) is 0 Å². The number of benzene rings is 1. The molecule has 0 radical (unpaired) electrons. The largest absolute Gasteiger partial charge is 0.497 e. The maximum atomic E-state index is 13.0. The van der Waals surface area contributed by atoms with E-state index in [1.807, 2.05) is 0 Å². The average Bonchev–Trinajstić information content (AvgIpc) is 2.64. The number of ether oxygens (including phenoxy) is 1. The first-order chi connectivity index (χ1) is 12.1. The van der Waals surface area contributed by atoms with Gasteiger partial charge < -0.3 is 15.8 Å². The highest BCUT2D eigenvalue weighted by Gasteiger charge is 2.12. The number of anilines is 2. The van der Waals surface area contributed by atoms with Gasteiger partial charge in [0.1, 0.15) is 11.4 Å². The summed E-state index contributed by atoms with van der Waals surface area (Å²) in [7, 11) is 1.51. The zero-order valence-electron chi connectivity index (χ0n) is 13.4.